The molecule has 0 saturated carbocycles. The fourth-order valence-corrected chi connectivity index (χ4v) is 1.78. The smallest absolute Gasteiger partial charge is 0.437 e. The summed E-state index contributed by atoms with van der Waals surface area (Å²) in [5.41, 5.74) is 0. The van der Waals surface area contributed by atoms with Crippen LogP contribution in [0, 0.1) is 0 Å². The van der Waals surface area contributed by atoms with Crippen LogP contribution in [0.5, 0.6) is 0 Å². The second kappa shape index (κ2) is 10.9. The number of carbonyl (C=O) groups is 1. The zero-order valence-corrected chi connectivity index (χ0v) is 10.6. The molecule has 3 heteroatoms. The van der Waals surface area contributed by atoms with E-state index in [0.717, 1.165) is 19.3 Å². The Hall–Kier alpha value is -0.600. The van der Waals surface area contributed by atoms with Crippen LogP contribution in [-0.2, 0) is 4.74 Å². The number of hydrogen-bond donors (Lipinski definition) is 0. The first-order valence-corrected chi connectivity index (χ1v) is 6.53. The highest BCUT2D eigenvalue weighted by atomic mass is 19.1. The van der Waals surface area contributed by atoms with Crippen LogP contribution < -0.4 is 0 Å². The topological polar surface area (TPSA) is 26.3 Å². The summed E-state index contributed by atoms with van der Waals surface area (Å²) in [6, 6.07) is 0. The molecule has 96 valence electrons. The molecule has 0 aliphatic rings. The molecule has 0 amide bonds. The van der Waals surface area contributed by atoms with Crippen molar-refractivity contribution in [3.8, 4) is 0 Å². The summed E-state index contributed by atoms with van der Waals surface area (Å²) in [4.78, 5) is 10.0. The Bertz CT molecular complexity index is 171. The van der Waals surface area contributed by atoms with Crippen LogP contribution in [-0.4, -0.2) is 12.3 Å². The molecule has 1 atom stereocenters. The van der Waals surface area contributed by atoms with Gasteiger partial charge in [-0.25, -0.2) is 4.79 Å². The Morgan fingerprint density at radius 1 is 1.06 bits per heavy atom. The first kappa shape index (κ1) is 15.4. The van der Waals surface area contributed by atoms with Crippen LogP contribution in [0.1, 0.15) is 71.6 Å². The molecule has 0 rings (SSSR count). The van der Waals surface area contributed by atoms with Gasteiger partial charge < -0.3 is 4.74 Å². The van der Waals surface area contributed by atoms with Crippen molar-refractivity contribution >= 4 is 6.22 Å². The van der Waals surface area contributed by atoms with Crippen molar-refractivity contribution in [2.24, 2.45) is 0 Å². The molecule has 0 fully saturated rings. The maximum absolute atomic E-state index is 11.8. The normalized spacial score (nSPS) is 12.4. The Labute approximate surface area is 98.6 Å². The zero-order valence-electron chi connectivity index (χ0n) is 10.6. The fourth-order valence-electron chi connectivity index (χ4n) is 1.78. The van der Waals surface area contributed by atoms with Crippen molar-refractivity contribution in [3.05, 3.63) is 0 Å². The summed E-state index contributed by atoms with van der Waals surface area (Å²) in [6.45, 7) is 3.95. The van der Waals surface area contributed by atoms with E-state index in [9.17, 15) is 9.18 Å². The van der Waals surface area contributed by atoms with Gasteiger partial charge in [0.2, 0.25) is 0 Å². The van der Waals surface area contributed by atoms with E-state index in [-0.39, 0.29) is 6.10 Å². The number of hydrogen-bond acceptors (Lipinski definition) is 2. The third-order valence-electron chi connectivity index (χ3n) is 2.76. The van der Waals surface area contributed by atoms with E-state index in [0.29, 0.717) is 0 Å². The van der Waals surface area contributed by atoms with Gasteiger partial charge in [0.1, 0.15) is 6.10 Å². The van der Waals surface area contributed by atoms with Gasteiger partial charge in [0.05, 0.1) is 0 Å². The molecule has 2 nitrogen and oxygen atoms in total. The van der Waals surface area contributed by atoms with Gasteiger partial charge in [-0.05, 0) is 19.8 Å². The molecule has 0 saturated heterocycles. The van der Waals surface area contributed by atoms with E-state index >= 15 is 0 Å². The Morgan fingerprint density at radius 2 is 1.56 bits per heavy atom. The van der Waals surface area contributed by atoms with Gasteiger partial charge in [-0.15, -0.1) is 4.39 Å². The summed E-state index contributed by atoms with van der Waals surface area (Å²) in [5, 5.41) is 0. The van der Waals surface area contributed by atoms with Crippen molar-refractivity contribution in [2.75, 3.05) is 0 Å². The Morgan fingerprint density at radius 3 is 2.06 bits per heavy atom. The van der Waals surface area contributed by atoms with Crippen molar-refractivity contribution in [1.29, 1.82) is 0 Å². The van der Waals surface area contributed by atoms with Crippen LogP contribution in [0.4, 0.5) is 9.18 Å². The molecule has 0 aliphatic carbocycles. The van der Waals surface area contributed by atoms with Crippen molar-refractivity contribution in [2.45, 2.75) is 77.7 Å². The summed E-state index contributed by atoms with van der Waals surface area (Å²) < 4.78 is 16.2. The molecule has 0 aromatic rings. The number of unbranched alkanes of at least 4 members (excludes halogenated alkanes) is 7. The van der Waals surface area contributed by atoms with Gasteiger partial charge in [-0.3, -0.25) is 0 Å². The largest absolute Gasteiger partial charge is 0.495 e. The predicted octanol–water partition coefficient (Wildman–Crippen LogP) is 5.01. The van der Waals surface area contributed by atoms with Gasteiger partial charge in [-0.2, -0.15) is 0 Å². The van der Waals surface area contributed by atoms with E-state index in [1.54, 1.807) is 6.92 Å². The number of carbonyl (C=O) groups excluding carboxylic acids is 1. The maximum Gasteiger partial charge on any atom is 0.495 e. The van der Waals surface area contributed by atoms with Gasteiger partial charge in [-0.1, -0.05) is 51.9 Å². The SMILES string of the molecule is CCCCCCCCCCC(C)OC(=O)F. The van der Waals surface area contributed by atoms with Crippen molar-refractivity contribution < 1.29 is 13.9 Å². The molecule has 0 spiro atoms. The van der Waals surface area contributed by atoms with Gasteiger partial charge in [0.15, 0.2) is 0 Å². The summed E-state index contributed by atoms with van der Waals surface area (Å²) in [7, 11) is 0. The Balaban J connectivity index is 3.11. The molecule has 0 aliphatic heterocycles. The minimum absolute atomic E-state index is 0.280. The molecule has 0 aromatic carbocycles. The highest BCUT2D eigenvalue weighted by molar-refractivity contribution is 5.58. The lowest BCUT2D eigenvalue weighted by molar-refractivity contribution is 0.0789. The lowest BCUT2D eigenvalue weighted by Gasteiger charge is -2.09. The molecule has 0 N–H and O–H groups in total. The zero-order chi connectivity index (χ0) is 12.2. The fraction of sp³-hybridized carbons (Fsp3) is 0.923. The van der Waals surface area contributed by atoms with Crippen LogP contribution >= 0.6 is 0 Å². The van der Waals surface area contributed by atoms with Crippen LogP contribution in [0.15, 0.2) is 0 Å². The molecule has 0 heterocycles. The second-order valence-corrected chi connectivity index (χ2v) is 4.43. The van der Waals surface area contributed by atoms with E-state index < -0.39 is 6.22 Å². The minimum Gasteiger partial charge on any atom is -0.437 e. The molecule has 16 heavy (non-hydrogen) atoms. The van der Waals surface area contributed by atoms with Gasteiger partial charge in [0, 0.05) is 0 Å². The average Bonchev–Trinajstić information content (AvgIpc) is 2.21. The third-order valence-corrected chi connectivity index (χ3v) is 2.76. The number of halogens is 1. The van der Waals surface area contributed by atoms with Gasteiger partial charge >= 0.3 is 6.22 Å². The van der Waals surface area contributed by atoms with Crippen molar-refractivity contribution in [3.63, 3.8) is 0 Å². The van der Waals surface area contributed by atoms with Crippen LogP contribution in [0.25, 0.3) is 0 Å². The summed E-state index contributed by atoms with van der Waals surface area (Å²) in [6.07, 6.45) is 8.81. The van der Waals surface area contributed by atoms with E-state index in [4.69, 9.17) is 0 Å². The van der Waals surface area contributed by atoms with E-state index in [1.807, 2.05) is 0 Å². The monoisotopic (exact) mass is 232 g/mol. The summed E-state index contributed by atoms with van der Waals surface area (Å²) in [5.74, 6) is 0. The lowest BCUT2D eigenvalue weighted by Crippen LogP contribution is -2.09. The molecule has 1 unspecified atom stereocenters. The highest BCUT2D eigenvalue weighted by Gasteiger charge is 2.06. The Kier molecular flexibility index (Phi) is 10.5. The average molecular weight is 232 g/mol. The van der Waals surface area contributed by atoms with E-state index in [2.05, 4.69) is 11.7 Å². The molecular formula is C13H25FO2. The van der Waals surface area contributed by atoms with Crippen molar-refractivity contribution in [1.82, 2.24) is 0 Å². The second-order valence-electron chi connectivity index (χ2n) is 4.43. The molecule has 0 bridgehead atoms. The maximum atomic E-state index is 11.8. The molecule has 0 radical (unpaired) electrons. The minimum atomic E-state index is -1.66. The summed E-state index contributed by atoms with van der Waals surface area (Å²) >= 11 is 0. The third kappa shape index (κ3) is 11.5. The molecular weight excluding hydrogens is 207 g/mol. The number of ether oxygens (including phenoxy) is 1. The quantitative estimate of drug-likeness (QED) is 0.391. The number of rotatable bonds is 10. The van der Waals surface area contributed by atoms with Gasteiger partial charge in [0.25, 0.3) is 0 Å². The van der Waals surface area contributed by atoms with Crippen LogP contribution in [0.3, 0.4) is 0 Å². The highest BCUT2D eigenvalue weighted by Crippen LogP contribution is 2.11. The predicted molar refractivity (Wildman–Crippen MR) is 64.3 cm³/mol. The van der Waals surface area contributed by atoms with Crippen LogP contribution in [0.2, 0.25) is 0 Å². The lowest BCUT2D eigenvalue weighted by atomic mass is 10.1. The molecule has 0 aromatic heterocycles. The standard InChI is InChI=1S/C13H25FO2/c1-3-4-5-6-7-8-9-10-11-12(2)16-13(14)15/h12H,3-11H2,1-2H3. The first-order valence-electron chi connectivity index (χ1n) is 6.53. The van der Waals surface area contributed by atoms with E-state index in [1.165, 1.54) is 38.5 Å². The first-order chi connectivity index (χ1) is 7.66.